The van der Waals surface area contributed by atoms with Crippen LogP contribution in [-0.4, -0.2) is 11.1 Å². The van der Waals surface area contributed by atoms with E-state index in [2.05, 4.69) is 54.2 Å². The number of hydrogen-bond acceptors (Lipinski definition) is 1. The Kier molecular flexibility index (Phi) is 3.62. The maximum absolute atomic E-state index is 3.47. The van der Waals surface area contributed by atoms with Gasteiger partial charge in [-0.2, -0.15) is 0 Å². The largest absolute Gasteiger partial charge is 0.347 e. The fraction of sp³-hybridized carbons (Fsp3) is 0.429. The topological polar surface area (TPSA) is 17.0 Å². The van der Waals surface area contributed by atoms with Crippen molar-refractivity contribution in [1.82, 2.24) is 9.88 Å². The molecule has 0 atom stereocenters. The predicted octanol–water partition coefficient (Wildman–Crippen LogP) is 3.16. The number of nitrogens with zero attached hydrogens (tertiary/aromatic N) is 1. The van der Waals surface area contributed by atoms with Crippen LogP contribution in [0, 0.1) is 0 Å². The van der Waals surface area contributed by atoms with E-state index >= 15 is 0 Å². The average Bonchev–Trinajstić information content (AvgIpc) is 2.73. The van der Waals surface area contributed by atoms with Crippen LogP contribution in [0.25, 0.3) is 10.9 Å². The number of nitrogens with one attached hydrogen (secondary N) is 1. The molecule has 0 aliphatic heterocycles. The van der Waals surface area contributed by atoms with Crippen LogP contribution in [0.15, 0.2) is 30.5 Å². The quantitative estimate of drug-likeness (QED) is 0.760. The monoisotopic (exact) mass is 216 g/mol. The zero-order chi connectivity index (χ0) is 11.4. The molecular weight excluding hydrogens is 196 g/mol. The van der Waals surface area contributed by atoms with Gasteiger partial charge in [0.05, 0.1) is 5.52 Å². The zero-order valence-corrected chi connectivity index (χ0v) is 10.2. The van der Waals surface area contributed by atoms with E-state index < -0.39 is 0 Å². The summed E-state index contributed by atoms with van der Waals surface area (Å²) in [4.78, 5) is 0. The van der Waals surface area contributed by atoms with Gasteiger partial charge in [0, 0.05) is 19.3 Å². The molecule has 2 heteroatoms. The van der Waals surface area contributed by atoms with Gasteiger partial charge in [-0.3, -0.25) is 0 Å². The standard InChI is InChI=1S/C14H20N2/c1-3-9-15-11-13-7-5-6-12-8-10-16(4-2)14(12)13/h5-8,10,15H,3-4,9,11H2,1-2H3. The lowest BCUT2D eigenvalue weighted by Gasteiger charge is -2.08. The Balaban J connectivity index is 2.31. The van der Waals surface area contributed by atoms with Gasteiger partial charge in [-0.25, -0.2) is 0 Å². The summed E-state index contributed by atoms with van der Waals surface area (Å²) in [5.74, 6) is 0. The number of hydrogen-bond donors (Lipinski definition) is 1. The van der Waals surface area contributed by atoms with Crippen molar-refractivity contribution < 1.29 is 0 Å². The first-order chi connectivity index (χ1) is 7.86. The molecule has 0 unspecified atom stereocenters. The smallest absolute Gasteiger partial charge is 0.0525 e. The first kappa shape index (κ1) is 11.2. The molecule has 0 aliphatic rings. The van der Waals surface area contributed by atoms with Crippen molar-refractivity contribution >= 4 is 10.9 Å². The summed E-state index contributed by atoms with van der Waals surface area (Å²) in [6, 6.07) is 8.75. The summed E-state index contributed by atoms with van der Waals surface area (Å²) in [5.41, 5.74) is 2.78. The Morgan fingerprint density at radius 2 is 2.06 bits per heavy atom. The average molecular weight is 216 g/mol. The third-order valence-electron chi connectivity index (χ3n) is 2.95. The number of aryl methyl sites for hydroxylation is 1. The van der Waals surface area contributed by atoms with Gasteiger partial charge in [0.25, 0.3) is 0 Å². The van der Waals surface area contributed by atoms with Crippen LogP contribution in [0.3, 0.4) is 0 Å². The molecule has 0 bridgehead atoms. The molecule has 1 aromatic carbocycles. The Labute approximate surface area is 97.3 Å². The maximum Gasteiger partial charge on any atom is 0.0525 e. The van der Waals surface area contributed by atoms with E-state index in [9.17, 15) is 0 Å². The van der Waals surface area contributed by atoms with E-state index in [1.54, 1.807) is 0 Å². The summed E-state index contributed by atoms with van der Waals surface area (Å²) >= 11 is 0. The van der Waals surface area contributed by atoms with Gasteiger partial charge in [0.1, 0.15) is 0 Å². The summed E-state index contributed by atoms with van der Waals surface area (Å²) in [7, 11) is 0. The lowest BCUT2D eigenvalue weighted by atomic mass is 10.1. The van der Waals surface area contributed by atoms with Crippen LogP contribution in [0.1, 0.15) is 25.8 Å². The van der Waals surface area contributed by atoms with E-state index in [-0.39, 0.29) is 0 Å². The molecule has 16 heavy (non-hydrogen) atoms. The Hall–Kier alpha value is -1.28. The second-order valence-corrected chi connectivity index (χ2v) is 4.13. The molecule has 0 saturated heterocycles. The van der Waals surface area contributed by atoms with Crippen molar-refractivity contribution in [2.45, 2.75) is 33.4 Å². The Morgan fingerprint density at radius 1 is 1.19 bits per heavy atom. The van der Waals surface area contributed by atoms with Gasteiger partial charge in [-0.1, -0.05) is 25.1 Å². The minimum Gasteiger partial charge on any atom is -0.347 e. The van der Waals surface area contributed by atoms with Crippen molar-refractivity contribution in [3.05, 3.63) is 36.0 Å². The zero-order valence-electron chi connectivity index (χ0n) is 10.2. The molecule has 0 fully saturated rings. The lowest BCUT2D eigenvalue weighted by Crippen LogP contribution is -2.14. The highest BCUT2D eigenvalue weighted by Gasteiger charge is 2.04. The number of rotatable bonds is 5. The van der Waals surface area contributed by atoms with Crippen LogP contribution in [0.2, 0.25) is 0 Å². The van der Waals surface area contributed by atoms with Crippen LogP contribution in [-0.2, 0) is 13.1 Å². The van der Waals surface area contributed by atoms with E-state index in [0.717, 1.165) is 19.6 Å². The number of fused-ring (bicyclic) bond motifs is 1. The first-order valence-electron chi connectivity index (χ1n) is 6.14. The van der Waals surface area contributed by atoms with Gasteiger partial charge >= 0.3 is 0 Å². The molecule has 0 radical (unpaired) electrons. The minimum atomic E-state index is 0.967. The fourth-order valence-corrected chi connectivity index (χ4v) is 2.15. The first-order valence-corrected chi connectivity index (χ1v) is 6.14. The third-order valence-corrected chi connectivity index (χ3v) is 2.95. The molecule has 0 spiro atoms. The van der Waals surface area contributed by atoms with E-state index in [1.165, 1.54) is 22.9 Å². The Bertz CT molecular complexity index is 457. The van der Waals surface area contributed by atoms with Crippen molar-refractivity contribution in [2.75, 3.05) is 6.54 Å². The fourth-order valence-electron chi connectivity index (χ4n) is 2.15. The second-order valence-electron chi connectivity index (χ2n) is 4.13. The second kappa shape index (κ2) is 5.17. The van der Waals surface area contributed by atoms with Crippen molar-refractivity contribution in [3.8, 4) is 0 Å². The van der Waals surface area contributed by atoms with Gasteiger partial charge in [0.2, 0.25) is 0 Å². The molecule has 2 nitrogen and oxygen atoms in total. The summed E-state index contributed by atoms with van der Waals surface area (Å²) in [5, 5.41) is 4.82. The number of benzene rings is 1. The molecule has 0 saturated carbocycles. The van der Waals surface area contributed by atoms with Crippen molar-refractivity contribution in [1.29, 1.82) is 0 Å². The molecule has 0 aliphatic carbocycles. The maximum atomic E-state index is 3.47. The summed E-state index contributed by atoms with van der Waals surface area (Å²) in [6.07, 6.45) is 3.36. The lowest BCUT2D eigenvalue weighted by molar-refractivity contribution is 0.674. The predicted molar refractivity (Wildman–Crippen MR) is 69.6 cm³/mol. The highest BCUT2D eigenvalue weighted by Crippen LogP contribution is 2.20. The molecular formula is C14H20N2. The SMILES string of the molecule is CCCNCc1cccc2ccn(CC)c12. The van der Waals surface area contributed by atoms with Crippen LogP contribution in [0.4, 0.5) is 0 Å². The van der Waals surface area contributed by atoms with Gasteiger partial charge in [-0.15, -0.1) is 0 Å². The molecule has 1 heterocycles. The summed E-state index contributed by atoms with van der Waals surface area (Å²) < 4.78 is 2.32. The van der Waals surface area contributed by atoms with Gasteiger partial charge in [-0.05, 0) is 36.9 Å². The molecule has 0 amide bonds. The number of para-hydroxylation sites is 1. The Morgan fingerprint density at radius 3 is 2.81 bits per heavy atom. The van der Waals surface area contributed by atoms with Crippen LogP contribution < -0.4 is 5.32 Å². The minimum absolute atomic E-state index is 0.967. The molecule has 2 aromatic rings. The summed E-state index contributed by atoms with van der Waals surface area (Å²) in [6.45, 7) is 7.48. The van der Waals surface area contributed by atoms with Crippen molar-refractivity contribution in [2.24, 2.45) is 0 Å². The van der Waals surface area contributed by atoms with E-state index in [0.29, 0.717) is 0 Å². The molecule has 2 rings (SSSR count). The highest BCUT2D eigenvalue weighted by molar-refractivity contribution is 5.83. The van der Waals surface area contributed by atoms with Crippen LogP contribution in [0.5, 0.6) is 0 Å². The van der Waals surface area contributed by atoms with Crippen molar-refractivity contribution in [3.63, 3.8) is 0 Å². The molecule has 1 aromatic heterocycles. The van der Waals surface area contributed by atoms with Gasteiger partial charge in [0.15, 0.2) is 0 Å². The third kappa shape index (κ3) is 2.12. The van der Waals surface area contributed by atoms with E-state index in [4.69, 9.17) is 0 Å². The molecule has 86 valence electrons. The van der Waals surface area contributed by atoms with E-state index in [1.807, 2.05) is 0 Å². The number of aromatic nitrogens is 1. The van der Waals surface area contributed by atoms with Gasteiger partial charge < -0.3 is 9.88 Å². The highest BCUT2D eigenvalue weighted by atomic mass is 15.0. The normalized spacial score (nSPS) is 11.1. The van der Waals surface area contributed by atoms with Crippen LogP contribution >= 0.6 is 0 Å². The molecule has 1 N–H and O–H groups in total.